The maximum Gasteiger partial charge on any atom is 0.416 e. The molecule has 4 nitrogen and oxygen atoms in total. The maximum atomic E-state index is 12.8. The topological polar surface area (TPSA) is 24.9 Å². The predicted molar refractivity (Wildman–Crippen MR) is 117 cm³/mol. The molecule has 0 bridgehead atoms. The standard InChI is InChI=1S/C24H27F3N2O2/c1-5-19-14-20-15(2)21(16(3)22(30-4)23(20)31-19)29-12-10-28(11-13-29)18-8-6-17(7-9-18)24(25,26)27/h5-9,19H,1,10-14H2,2-4H3. The van der Waals surface area contributed by atoms with Crippen molar-refractivity contribution in [2.75, 3.05) is 43.1 Å². The van der Waals surface area contributed by atoms with E-state index in [0.717, 1.165) is 78.7 Å². The van der Waals surface area contributed by atoms with E-state index < -0.39 is 11.7 Å². The molecule has 0 aromatic heterocycles. The number of fused-ring (bicyclic) bond motifs is 1. The van der Waals surface area contributed by atoms with Crippen molar-refractivity contribution in [1.82, 2.24) is 0 Å². The smallest absolute Gasteiger partial charge is 0.416 e. The van der Waals surface area contributed by atoms with E-state index in [2.05, 4.69) is 23.3 Å². The second kappa shape index (κ2) is 8.02. The largest absolute Gasteiger partial charge is 0.492 e. The molecule has 2 aliphatic heterocycles. The monoisotopic (exact) mass is 432 g/mol. The Balaban J connectivity index is 1.55. The molecular formula is C24H27F3N2O2. The van der Waals surface area contributed by atoms with Crippen LogP contribution in [-0.4, -0.2) is 39.4 Å². The third-order valence-corrected chi connectivity index (χ3v) is 6.28. The van der Waals surface area contributed by atoms with Crippen molar-refractivity contribution in [2.45, 2.75) is 32.5 Å². The SMILES string of the molecule is C=CC1Cc2c(C)c(N3CCN(c4ccc(C(F)(F)F)cc4)CC3)c(C)c(OC)c2O1. The number of rotatable bonds is 4. The predicted octanol–water partition coefficient (Wildman–Crippen LogP) is 5.15. The molecule has 2 heterocycles. The van der Waals surface area contributed by atoms with Crippen molar-refractivity contribution in [3.05, 3.63) is 59.2 Å². The molecule has 2 aromatic carbocycles. The Bertz CT molecular complexity index is 978. The summed E-state index contributed by atoms with van der Waals surface area (Å²) < 4.78 is 50.3. The summed E-state index contributed by atoms with van der Waals surface area (Å²) in [5.41, 5.74) is 4.76. The maximum absolute atomic E-state index is 12.8. The van der Waals surface area contributed by atoms with E-state index in [-0.39, 0.29) is 6.10 Å². The van der Waals surface area contributed by atoms with E-state index in [1.807, 2.05) is 13.0 Å². The number of methoxy groups -OCH3 is 1. The molecule has 1 atom stereocenters. The number of hydrogen-bond donors (Lipinski definition) is 0. The van der Waals surface area contributed by atoms with Crippen LogP contribution in [0.1, 0.15) is 22.3 Å². The van der Waals surface area contributed by atoms with Crippen LogP contribution in [0, 0.1) is 13.8 Å². The second-order valence-electron chi connectivity index (χ2n) is 8.05. The van der Waals surface area contributed by atoms with Gasteiger partial charge in [-0.05, 0) is 43.7 Å². The third kappa shape index (κ3) is 3.82. The zero-order valence-corrected chi connectivity index (χ0v) is 18.1. The molecule has 7 heteroatoms. The number of benzene rings is 2. The van der Waals surface area contributed by atoms with Crippen LogP contribution >= 0.6 is 0 Å². The molecule has 1 fully saturated rings. The molecule has 2 aliphatic rings. The fourth-order valence-electron chi connectivity index (χ4n) is 4.68. The first-order valence-electron chi connectivity index (χ1n) is 10.4. The quantitative estimate of drug-likeness (QED) is 0.624. The molecule has 2 aromatic rings. The van der Waals surface area contributed by atoms with Gasteiger partial charge in [0.1, 0.15) is 6.10 Å². The Hall–Kier alpha value is -2.83. The van der Waals surface area contributed by atoms with Gasteiger partial charge >= 0.3 is 6.18 Å². The molecule has 0 aliphatic carbocycles. The van der Waals surface area contributed by atoms with Gasteiger partial charge in [-0.3, -0.25) is 0 Å². The highest BCUT2D eigenvalue weighted by Gasteiger charge is 2.33. The molecule has 0 radical (unpaired) electrons. The van der Waals surface area contributed by atoms with Gasteiger partial charge in [-0.1, -0.05) is 12.7 Å². The average Bonchev–Trinajstić information content (AvgIpc) is 3.19. The lowest BCUT2D eigenvalue weighted by Crippen LogP contribution is -2.47. The molecule has 0 amide bonds. The van der Waals surface area contributed by atoms with Gasteiger partial charge in [-0.2, -0.15) is 13.2 Å². The lowest BCUT2D eigenvalue weighted by molar-refractivity contribution is -0.137. The lowest BCUT2D eigenvalue weighted by atomic mass is 9.96. The third-order valence-electron chi connectivity index (χ3n) is 6.28. The van der Waals surface area contributed by atoms with Crippen LogP contribution < -0.4 is 19.3 Å². The minimum atomic E-state index is -4.31. The number of nitrogens with zero attached hydrogens (tertiary/aromatic N) is 2. The highest BCUT2D eigenvalue weighted by atomic mass is 19.4. The van der Waals surface area contributed by atoms with Gasteiger partial charge in [0.2, 0.25) is 0 Å². The summed E-state index contributed by atoms with van der Waals surface area (Å²) >= 11 is 0. The number of piperazine rings is 1. The Morgan fingerprint density at radius 3 is 2.19 bits per heavy atom. The molecule has 31 heavy (non-hydrogen) atoms. The van der Waals surface area contributed by atoms with E-state index in [9.17, 15) is 13.2 Å². The lowest BCUT2D eigenvalue weighted by Gasteiger charge is -2.39. The van der Waals surface area contributed by atoms with Crippen molar-refractivity contribution in [2.24, 2.45) is 0 Å². The second-order valence-corrected chi connectivity index (χ2v) is 8.05. The van der Waals surface area contributed by atoms with Gasteiger partial charge in [0.15, 0.2) is 11.5 Å². The van der Waals surface area contributed by atoms with E-state index >= 15 is 0 Å². The molecule has 0 saturated carbocycles. The van der Waals surface area contributed by atoms with E-state index in [1.54, 1.807) is 19.2 Å². The molecular weight excluding hydrogens is 405 g/mol. The van der Waals surface area contributed by atoms with Crippen LogP contribution in [0.4, 0.5) is 24.5 Å². The normalized spacial score (nSPS) is 18.6. The van der Waals surface area contributed by atoms with Crippen LogP contribution in [0.5, 0.6) is 11.5 Å². The summed E-state index contributed by atoms with van der Waals surface area (Å²) in [6.45, 7) is 11.0. The molecule has 0 N–H and O–H groups in total. The molecule has 1 unspecified atom stereocenters. The van der Waals surface area contributed by atoms with E-state index in [4.69, 9.17) is 9.47 Å². The van der Waals surface area contributed by atoms with Crippen LogP contribution in [-0.2, 0) is 12.6 Å². The van der Waals surface area contributed by atoms with Gasteiger partial charge in [-0.15, -0.1) is 0 Å². The summed E-state index contributed by atoms with van der Waals surface area (Å²) in [6.07, 6.45) is -1.77. The Morgan fingerprint density at radius 2 is 1.65 bits per heavy atom. The number of anilines is 2. The average molecular weight is 432 g/mol. The van der Waals surface area contributed by atoms with Crippen molar-refractivity contribution in [3.63, 3.8) is 0 Å². The number of ether oxygens (including phenoxy) is 2. The number of alkyl halides is 3. The van der Waals surface area contributed by atoms with Crippen molar-refractivity contribution in [1.29, 1.82) is 0 Å². The van der Waals surface area contributed by atoms with E-state index in [0.29, 0.717) is 0 Å². The first kappa shape index (κ1) is 21.4. The van der Waals surface area contributed by atoms with Crippen molar-refractivity contribution < 1.29 is 22.6 Å². The molecule has 0 spiro atoms. The van der Waals surface area contributed by atoms with Gasteiger partial charge in [0, 0.05) is 55.1 Å². The Labute approximate surface area is 180 Å². The molecule has 4 rings (SSSR count). The van der Waals surface area contributed by atoms with Crippen LogP contribution in [0.2, 0.25) is 0 Å². The first-order valence-corrected chi connectivity index (χ1v) is 10.4. The summed E-state index contributed by atoms with van der Waals surface area (Å²) in [6, 6.07) is 5.41. The summed E-state index contributed by atoms with van der Waals surface area (Å²) in [5.74, 6) is 1.58. The minimum absolute atomic E-state index is 0.0474. The fraction of sp³-hybridized carbons (Fsp3) is 0.417. The van der Waals surface area contributed by atoms with Gasteiger partial charge < -0.3 is 19.3 Å². The van der Waals surface area contributed by atoms with Crippen molar-refractivity contribution in [3.8, 4) is 11.5 Å². The summed E-state index contributed by atoms with van der Waals surface area (Å²) in [7, 11) is 1.66. The first-order chi connectivity index (χ1) is 14.7. The van der Waals surface area contributed by atoms with Gasteiger partial charge in [-0.25, -0.2) is 0 Å². The fourth-order valence-corrected chi connectivity index (χ4v) is 4.68. The number of halogens is 3. The van der Waals surface area contributed by atoms with Crippen LogP contribution in [0.15, 0.2) is 36.9 Å². The van der Waals surface area contributed by atoms with Gasteiger partial charge in [0.25, 0.3) is 0 Å². The zero-order valence-electron chi connectivity index (χ0n) is 18.1. The van der Waals surface area contributed by atoms with Crippen LogP contribution in [0.3, 0.4) is 0 Å². The van der Waals surface area contributed by atoms with Crippen LogP contribution in [0.25, 0.3) is 0 Å². The summed E-state index contributed by atoms with van der Waals surface area (Å²) in [5, 5.41) is 0. The summed E-state index contributed by atoms with van der Waals surface area (Å²) in [4.78, 5) is 4.47. The molecule has 1 saturated heterocycles. The van der Waals surface area contributed by atoms with Gasteiger partial charge in [0.05, 0.1) is 12.7 Å². The highest BCUT2D eigenvalue weighted by Crippen LogP contribution is 2.48. The Kier molecular flexibility index (Phi) is 5.54. The van der Waals surface area contributed by atoms with E-state index in [1.165, 1.54) is 5.56 Å². The zero-order chi connectivity index (χ0) is 22.3. The number of hydrogen-bond acceptors (Lipinski definition) is 4. The molecule has 166 valence electrons. The highest BCUT2D eigenvalue weighted by molar-refractivity contribution is 5.73. The Morgan fingerprint density at radius 1 is 1.03 bits per heavy atom. The minimum Gasteiger partial charge on any atom is -0.492 e. The van der Waals surface area contributed by atoms with Crippen molar-refractivity contribution >= 4 is 11.4 Å².